The summed E-state index contributed by atoms with van der Waals surface area (Å²) in [5.41, 5.74) is -0.452. The maximum Gasteiger partial charge on any atom is 0.327 e. The van der Waals surface area contributed by atoms with Crippen molar-refractivity contribution in [3.8, 4) is 0 Å². The first kappa shape index (κ1) is 17.4. The molecule has 0 aromatic rings. The Hall–Kier alpha value is -0.610. The van der Waals surface area contributed by atoms with Crippen molar-refractivity contribution >= 4 is 5.97 Å². The van der Waals surface area contributed by atoms with Gasteiger partial charge in [0.2, 0.25) is 0 Å². The zero-order valence-corrected chi connectivity index (χ0v) is 13.3. The number of likely N-dealkylation sites (N-methyl/N-ethyl adjacent to an activating group) is 1. The van der Waals surface area contributed by atoms with Crippen molar-refractivity contribution in [3.63, 3.8) is 0 Å². The summed E-state index contributed by atoms with van der Waals surface area (Å²) in [6.07, 6.45) is 0. The van der Waals surface area contributed by atoms with E-state index in [9.17, 15) is 4.79 Å². The van der Waals surface area contributed by atoms with Crippen molar-refractivity contribution in [2.75, 3.05) is 27.2 Å². The Kier molecular flexibility index (Phi) is 6.30. The van der Waals surface area contributed by atoms with Gasteiger partial charge in [0.15, 0.2) is 0 Å². The van der Waals surface area contributed by atoms with E-state index in [2.05, 4.69) is 31.0 Å². The summed E-state index contributed by atoms with van der Waals surface area (Å²) >= 11 is 0. The number of hydrogen-bond donors (Lipinski definition) is 1. The first-order valence-corrected chi connectivity index (χ1v) is 6.55. The number of ether oxygens (including phenoxy) is 1. The second-order valence-electron chi connectivity index (χ2n) is 6.86. The van der Waals surface area contributed by atoms with E-state index < -0.39 is 5.54 Å². The molecule has 0 rings (SSSR count). The van der Waals surface area contributed by atoms with Gasteiger partial charge in [-0.3, -0.25) is 10.1 Å². The third-order valence-electron chi connectivity index (χ3n) is 2.57. The van der Waals surface area contributed by atoms with Crippen molar-refractivity contribution in [1.82, 2.24) is 10.2 Å². The third kappa shape index (κ3) is 6.36. The van der Waals surface area contributed by atoms with Gasteiger partial charge in [0.05, 0.1) is 7.11 Å². The van der Waals surface area contributed by atoms with Crippen molar-refractivity contribution in [1.29, 1.82) is 0 Å². The Morgan fingerprint density at radius 2 is 1.72 bits per heavy atom. The van der Waals surface area contributed by atoms with Crippen LogP contribution in [0.25, 0.3) is 0 Å². The highest BCUT2D eigenvalue weighted by molar-refractivity contribution is 5.80. The maximum atomic E-state index is 12.0. The topological polar surface area (TPSA) is 41.6 Å². The van der Waals surface area contributed by atoms with E-state index in [1.54, 1.807) is 0 Å². The first-order chi connectivity index (χ1) is 8.00. The van der Waals surface area contributed by atoms with Crippen LogP contribution in [-0.2, 0) is 9.53 Å². The van der Waals surface area contributed by atoms with Crippen LogP contribution in [-0.4, -0.2) is 49.7 Å². The van der Waals surface area contributed by atoms with Crippen LogP contribution in [0.5, 0.6) is 0 Å². The molecule has 18 heavy (non-hydrogen) atoms. The molecular formula is C14H30N2O2. The summed E-state index contributed by atoms with van der Waals surface area (Å²) in [5, 5.41) is 3.31. The highest BCUT2D eigenvalue weighted by Gasteiger charge is 2.36. The molecule has 4 nitrogen and oxygen atoms in total. The lowest BCUT2D eigenvalue weighted by Gasteiger charge is -2.36. The van der Waals surface area contributed by atoms with E-state index in [0.29, 0.717) is 6.54 Å². The summed E-state index contributed by atoms with van der Waals surface area (Å²) in [6.45, 7) is 14.1. The van der Waals surface area contributed by atoms with Gasteiger partial charge in [-0.05, 0) is 33.2 Å². The Balaban J connectivity index is 4.74. The van der Waals surface area contributed by atoms with Gasteiger partial charge in [0.25, 0.3) is 0 Å². The van der Waals surface area contributed by atoms with E-state index in [0.717, 1.165) is 6.54 Å². The second-order valence-corrected chi connectivity index (χ2v) is 6.86. The maximum absolute atomic E-state index is 12.0. The van der Waals surface area contributed by atoms with Crippen molar-refractivity contribution in [2.45, 2.75) is 53.1 Å². The van der Waals surface area contributed by atoms with Crippen LogP contribution < -0.4 is 5.32 Å². The first-order valence-electron chi connectivity index (χ1n) is 6.55. The highest BCUT2D eigenvalue weighted by Crippen LogP contribution is 2.17. The summed E-state index contributed by atoms with van der Waals surface area (Å²) < 4.78 is 4.92. The van der Waals surface area contributed by atoms with E-state index in [1.165, 1.54) is 7.11 Å². The predicted octanol–water partition coefficient (Wildman–Crippen LogP) is 1.89. The van der Waals surface area contributed by atoms with Gasteiger partial charge in [-0.25, -0.2) is 0 Å². The molecule has 1 N–H and O–H groups in total. The average molecular weight is 258 g/mol. The molecule has 0 amide bonds. The molecule has 4 heteroatoms. The molecule has 1 unspecified atom stereocenters. The zero-order valence-electron chi connectivity index (χ0n) is 13.3. The van der Waals surface area contributed by atoms with Crippen molar-refractivity contribution in [3.05, 3.63) is 0 Å². The van der Waals surface area contributed by atoms with E-state index in [1.807, 2.05) is 27.8 Å². The van der Waals surface area contributed by atoms with Crippen molar-refractivity contribution < 1.29 is 9.53 Å². The molecule has 0 fully saturated rings. The zero-order chi connectivity index (χ0) is 14.6. The Morgan fingerprint density at radius 3 is 2.06 bits per heavy atom. The van der Waals surface area contributed by atoms with Crippen molar-refractivity contribution in [2.24, 2.45) is 5.41 Å². The van der Waals surface area contributed by atoms with Crippen LogP contribution >= 0.6 is 0 Å². The van der Waals surface area contributed by atoms with E-state index in [-0.39, 0.29) is 17.4 Å². The predicted molar refractivity (Wildman–Crippen MR) is 75.6 cm³/mol. The lowest BCUT2D eigenvalue weighted by molar-refractivity contribution is -0.149. The second kappa shape index (κ2) is 6.53. The number of hydrogen-bond acceptors (Lipinski definition) is 4. The van der Waals surface area contributed by atoms with E-state index in [4.69, 9.17) is 4.74 Å². The largest absolute Gasteiger partial charge is 0.468 e. The minimum absolute atomic E-state index is 0.211. The van der Waals surface area contributed by atoms with Crippen LogP contribution in [0.3, 0.4) is 0 Å². The third-order valence-corrected chi connectivity index (χ3v) is 2.57. The number of carbonyl (C=O) groups is 1. The highest BCUT2D eigenvalue weighted by atomic mass is 16.5. The molecule has 0 aromatic heterocycles. The number of nitrogens with zero attached hydrogens (tertiary/aromatic N) is 1. The number of methoxy groups -OCH3 is 1. The van der Waals surface area contributed by atoms with Crippen LogP contribution in [0.15, 0.2) is 0 Å². The SMILES string of the molecule is COC(=O)C(C)(CN(C)CC(C)(C)C)NC(C)C. The average Bonchev–Trinajstić information content (AvgIpc) is 2.11. The van der Waals surface area contributed by atoms with Crippen LogP contribution in [0.2, 0.25) is 0 Å². The quantitative estimate of drug-likeness (QED) is 0.739. The Morgan fingerprint density at radius 1 is 1.22 bits per heavy atom. The van der Waals surface area contributed by atoms with Gasteiger partial charge >= 0.3 is 5.97 Å². The summed E-state index contributed by atoms with van der Waals surface area (Å²) in [5.74, 6) is -0.211. The Labute approximate surface area is 112 Å². The lowest BCUT2D eigenvalue weighted by atomic mass is 9.94. The number of nitrogens with one attached hydrogen (secondary N) is 1. The summed E-state index contributed by atoms with van der Waals surface area (Å²) in [6, 6.07) is 0.233. The fourth-order valence-corrected chi connectivity index (χ4v) is 2.44. The smallest absolute Gasteiger partial charge is 0.327 e. The van der Waals surface area contributed by atoms with Gasteiger partial charge in [-0.1, -0.05) is 20.8 Å². The standard InChI is InChI=1S/C14H30N2O2/c1-11(2)15-14(6,12(17)18-8)10-16(7)9-13(3,4)5/h11,15H,9-10H2,1-8H3. The molecule has 0 radical (unpaired) electrons. The van der Waals surface area contributed by atoms with Crippen LogP contribution in [0.1, 0.15) is 41.5 Å². The summed E-state index contributed by atoms with van der Waals surface area (Å²) in [7, 11) is 3.47. The van der Waals surface area contributed by atoms with Gasteiger partial charge < -0.3 is 9.64 Å². The molecule has 108 valence electrons. The number of esters is 1. The lowest BCUT2D eigenvalue weighted by Crippen LogP contribution is -2.59. The number of carbonyl (C=O) groups excluding carboxylic acids is 1. The molecule has 0 aliphatic carbocycles. The van der Waals surface area contributed by atoms with E-state index >= 15 is 0 Å². The minimum Gasteiger partial charge on any atom is -0.468 e. The molecule has 1 atom stereocenters. The molecule has 0 heterocycles. The molecule has 0 aromatic carbocycles. The van der Waals surface area contributed by atoms with Gasteiger partial charge in [-0.15, -0.1) is 0 Å². The molecule has 0 spiro atoms. The normalized spacial score (nSPS) is 15.9. The van der Waals surface area contributed by atoms with Gasteiger partial charge in [0, 0.05) is 19.1 Å². The summed E-state index contributed by atoms with van der Waals surface area (Å²) in [4.78, 5) is 14.1. The monoisotopic (exact) mass is 258 g/mol. The minimum atomic E-state index is -0.664. The van der Waals surface area contributed by atoms with Crippen LogP contribution in [0.4, 0.5) is 0 Å². The molecule has 0 saturated carbocycles. The number of rotatable bonds is 6. The molecular weight excluding hydrogens is 228 g/mol. The fourth-order valence-electron chi connectivity index (χ4n) is 2.44. The molecule has 0 bridgehead atoms. The van der Waals surface area contributed by atoms with Crippen LogP contribution in [0, 0.1) is 5.41 Å². The molecule has 0 saturated heterocycles. The van der Waals surface area contributed by atoms with Gasteiger partial charge in [-0.2, -0.15) is 0 Å². The fraction of sp³-hybridized carbons (Fsp3) is 0.929. The molecule has 0 aliphatic heterocycles. The Bertz CT molecular complexity index is 271. The van der Waals surface area contributed by atoms with Gasteiger partial charge in [0.1, 0.15) is 5.54 Å². The molecule has 0 aliphatic rings.